The average Bonchev–Trinajstić information content (AvgIpc) is 2.95. The first-order valence-electron chi connectivity index (χ1n) is 14.5. The van der Waals surface area contributed by atoms with Crippen LogP contribution in [0.1, 0.15) is 39.7 Å². The summed E-state index contributed by atoms with van der Waals surface area (Å²) in [5.74, 6) is 2.08. The lowest BCUT2D eigenvalue weighted by molar-refractivity contribution is 0.766. The first-order chi connectivity index (χ1) is 22.7. The summed E-state index contributed by atoms with van der Waals surface area (Å²) in [4.78, 5) is 47.2. The van der Waals surface area contributed by atoms with Crippen LogP contribution in [-0.4, -0.2) is 44.9 Å². The lowest BCUT2D eigenvalue weighted by Gasteiger charge is -2.10. The second kappa shape index (κ2) is 13.9. The molecule has 234 valence electrons. The smallest absolute Gasteiger partial charge is 0.196 e. The summed E-state index contributed by atoms with van der Waals surface area (Å²) in [6.45, 7) is 10.1. The predicted molar refractivity (Wildman–Crippen MR) is 186 cm³/mol. The largest absolute Gasteiger partial charge is 0.218 e. The number of aromatic nitrogens is 9. The van der Waals surface area contributed by atoms with Crippen molar-refractivity contribution in [1.29, 1.82) is 0 Å². The van der Waals surface area contributed by atoms with Crippen LogP contribution >= 0.6 is 58.8 Å². The van der Waals surface area contributed by atoms with Crippen LogP contribution in [-0.2, 0) is 6.42 Å². The molecule has 0 radical (unpaired) electrons. The van der Waals surface area contributed by atoms with Gasteiger partial charge in [0, 0.05) is 30.9 Å². The van der Waals surface area contributed by atoms with Gasteiger partial charge < -0.3 is 0 Å². The normalized spacial score (nSPS) is 13.1. The molecule has 14 heteroatoms. The maximum atomic E-state index is 4.86. The predicted octanol–water partition coefficient (Wildman–Crippen LogP) is 8.44. The van der Waals surface area contributed by atoms with Crippen LogP contribution in [0.15, 0.2) is 111 Å². The van der Waals surface area contributed by atoms with Gasteiger partial charge in [0.05, 0.1) is 0 Å². The standard InChI is InChI=1S/C33H27N9S5/c1-17-6-22-12-23(7-17)45-32-38-21(5)39-33(42-32)47-27-11-19(3)9-25(15-27)44-30-35-16-34-29(41-30)43-24-8-18(2)10-26(14-24)46-31-37-20(4)36-28(13-22)40-31/h6-12,14-16H,13H2,1-5H3. The highest BCUT2D eigenvalue weighted by atomic mass is 32.2. The van der Waals surface area contributed by atoms with Crippen molar-refractivity contribution >= 4 is 58.8 Å². The third-order valence-corrected chi connectivity index (χ3v) is 10.8. The van der Waals surface area contributed by atoms with E-state index in [1.807, 2.05) is 13.8 Å². The van der Waals surface area contributed by atoms with Crippen LogP contribution in [0.2, 0.25) is 0 Å². The second-order valence-electron chi connectivity index (χ2n) is 10.9. The van der Waals surface area contributed by atoms with Crippen molar-refractivity contribution in [2.45, 2.75) is 91.3 Å². The van der Waals surface area contributed by atoms with Crippen molar-refractivity contribution in [3.63, 3.8) is 0 Å². The number of nitrogens with zero attached hydrogens (tertiary/aromatic N) is 9. The molecule has 3 aromatic heterocycles. The van der Waals surface area contributed by atoms with Gasteiger partial charge in [-0.15, -0.1) is 0 Å². The second-order valence-corrected chi connectivity index (χ2v) is 16.1. The highest BCUT2D eigenvalue weighted by Gasteiger charge is 2.14. The molecule has 1 aliphatic rings. The third-order valence-electron chi connectivity index (χ3n) is 6.57. The van der Waals surface area contributed by atoms with Crippen LogP contribution in [0.25, 0.3) is 0 Å². The molecule has 47 heavy (non-hydrogen) atoms. The molecule has 0 N–H and O–H groups in total. The molecule has 0 saturated carbocycles. The van der Waals surface area contributed by atoms with E-state index in [0.29, 0.717) is 43.9 Å². The molecule has 0 spiro atoms. The minimum absolute atomic E-state index is 0.577. The summed E-state index contributed by atoms with van der Waals surface area (Å²) in [6, 6.07) is 19.2. The number of aryl methyl sites for hydroxylation is 5. The van der Waals surface area contributed by atoms with Gasteiger partial charge in [-0.25, -0.2) is 34.9 Å². The Balaban J connectivity index is 1.31. The Morgan fingerprint density at radius 2 is 0.809 bits per heavy atom. The van der Waals surface area contributed by atoms with Gasteiger partial charge >= 0.3 is 0 Å². The fourth-order valence-corrected chi connectivity index (χ4v) is 9.79. The number of hydrogen-bond acceptors (Lipinski definition) is 14. The van der Waals surface area contributed by atoms with Crippen LogP contribution in [0.3, 0.4) is 0 Å². The Kier molecular flexibility index (Phi) is 9.46. The molecule has 1 aliphatic heterocycles. The molecule has 3 aromatic carbocycles. The number of fused-ring (bicyclic) bond motifs is 12. The van der Waals surface area contributed by atoms with Gasteiger partial charge in [-0.1, -0.05) is 6.07 Å². The van der Waals surface area contributed by atoms with Crippen LogP contribution in [0, 0.1) is 34.6 Å². The molecule has 0 atom stereocenters. The Labute approximate surface area is 293 Å². The zero-order chi connectivity index (χ0) is 32.5. The Morgan fingerprint density at radius 3 is 1.34 bits per heavy atom. The number of benzene rings is 3. The van der Waals surface area contributed by atoms with E-state index in [1.165, 1.54) is 58.8 Å². The Hall–Kier alpha value is -3.56. The van der Waals surface area contributed by atoms with E-state index in [2.05, 4.69) is 105 Å². The van der Waals surface area contributed by atoms with Gasteiger partial charge in [-0.05, 0) is 164 Å². The SMILES string of the molecule is Cc1cc2cc(c1)Sc1ncnc(n1)Sc1cc(C)cc(c1)Sc1nc(C)nc(n1)Sc1cc(C)cc(c1)Cc1nc(C)nc(n1)S2. The number of rotatable bonds is 0. The van der Waals surface area contributed by atoms with E-state index >= 15 is 0 Å². The van der Waals surface area contributed by atoms with E-state index in [-0.39, 0.29) is 0 Å². The van der Waals surface area contributed by atoms with Crippen molar-refractivity contribution in [2.24, 2.45) is 0 Å². The summed E-state index contributed by atoms with van der Waals surface area (Å²) in [5.41, 5.74) is 4.50. The highest BCUT2D eigenvalue weighted by Crippen LogP contribution is 2.36. The summed E-state index contributed by atoms with van der Waals surface area (Å²) in [7, 11) is 0. The van der Waals surface area contributed by atoms with Gasteiger partial charge in [-0.2, -0.15) is 9.97 Å². The fourth-order valence-electron chi connectivity index (χ4n) is 4.88. The van der Waals surface area contributed by atoms with Crippen molar-refractivity contribution in [3.8, 4) is 0 Å². The van der Waals surface area contributed by atoms with Gasteiger partial charge in [-0.3, -0.25) is 0 Å². The van der Waals surface area contributed by atoms with Gasteiger partial charge in [0.25, 0.3) is 0 Å². The molecule has 0 amide bonds. The van der Waals surface area contributed by atoms with Gasteiger partial charge in [0.15, 0.2) is 25.8 Å². The quantitative estimate of drug-likeness (QED) is 0.150. The molecular formula is C33H27N9S5. The van der Waals surface area contributed by atoms with E-state index in [0.717, 1.165) is 52.6 Å². The maximum Gasteiger partial charge on any atom is 0.196 e. The molecule has 0 unspecified atom stereocenters. The first kappa shape index (κ1) is 32.0. The van der Waals surface area contributed by atoms with Crippen LogP contribution in [0.5, 0.6) is 0 Å². The Morgan fingerprint density at radius 1 is 0.404 bits per heavy atom. The van der Waals surface area contributed by atoms with Crippen molar-refractivity contribution in [2.75, 3.05) is 0 Å². The van der Waals surface area contributed by atoms with E-state index < -0.39 is 0 Å². The van der Waals surface area contributed by atoms with E-state index in [1.54, 1.807) is 6.33 Å². The van der Waals surface area contributed by atoms with Crippen molar-refractivity contribution in [1.82, 2.24) is 44.9 Å². The minimum atomic E-state index is 0.577. The third kappa shape index (κ3) is 8.49. The van der Waals surface area contributed by atoms with Crippen molar-refractivity contribution in [3.05, 3.63) is 101 Å². The molecule has 4 heterocycles. The first-order valence-corrected chi connectivity index (χ1v) is 18.6. The molecule has 0 aliphatic carbocycles. The summed E-state index contributed by atoms with van der Waals surface area (Å²) in [5, 5.41) is 3.21. The summed E-state index contributed by atoms with van der Waals surface area (Å²) in [6.07, 6.45) is 2.14. The van der Waals surface area contributed by atoms with Crippen LogP contribution < -0.4 is 0 Å². The molecule has 6 aromatic rings. The molecule has 0 fully saturated rings. The Bertz CT molecular complexity index is 2000. The molecular weight excluding hydrogens is 683 g/mol. The zero-order valence-electron chi connectivity index (χ0n) is 26.0. The van der Waals surface area contributed by atoms with E-state index in [9.17, 15) is 0 Å². The van der Waals surface area contributed by atoms with Gasteiger partial charge in [0.2, 0.25) is 0 Å². The molecule has 9 nitrogen and oxygen atoms in total. The summed E-state index contributed by atoms with van der Waals surface area (Å²) < 4.78 is 0. The monoisotopic (exact) mass is 709 g/mol. The lowest BCUT2D eigenvalue weighted by atomic mass is 10.1. The molecule has 0 saturated heterocycles. The minimum Gasteiger partial charge on any atom is -0.218 e. The lowest BCUT2D eigenvalue weighted by Crippen LogP contribution is -2.03. The highest BCUT2D eigenvalue weighted by molar-refractivity contribution is 8.00. The maximum absolute atomic E-state index is 4.86. The zero-order valence-corrected chi connectivity index (χ0v) is 30.1. The molecule has 12 bridgehead atoms. The van der Waals surface area contributed by atoms with Crippen LogP contribution in [0.4, 0.5) is 0 Å². The topological polar surface area (TPSA) is 116 Å². The fraction of sp³-hybridized carbons (Fsp3) is 0.182. The van der Waals surface area contributed by atoms with Crippen molar-refractivity contribution < 1.29 is 0 Å². The summed E-state index contributed by atoms with van der Waals surface area (Å²) >= 11 is 7.58. The van der Waals surface area contributed by atoms with E-state index in [4.69, 9.17) is 15.0 Å². The molecule has 7 rings (SSSR count). The average molecular weight is 710 g/mol. The number of hydrogen-bond donors (Lipinski definition) is 0. The van der Waals surface area contributed by atoms with Gasteiger partial charge in [0.1, 0.15) is 23.8 Å².